The van der Waals surface area contributed by atoms with E-state index in [1.165, 1.54) is 19.4 Å². The third-order valence-corrected chi connectivity index (χ3v) is 5.08. The Bertz CT molecular complexity index is 707. The molecule has 2 aromatic rings. The molecule has 2 fully saturated rings. The second kappa shape index (κ2) is 5.74. The summed E-state index contributed by atoms with van der Waals surface area (Å²) in [5.41, 5.74) is 4.14. The smallest absolute Gasteiger partial charge is 0.184 e. The van der Waals surface area contributed by atoms with Crippen molar-refractivity contribution < 1.29 is 0 Å². The molecule has 0 spiro atoms. The zero-order valence-corrected chi connectivity index (χ0v) is 14.3. The van der Waals surface area contributed by atoms with Gasteiger partial charge in [-0.2, -0.15) is 0 Å². The molecule has 22 heavy (non-hydrogen) atoms. The Morgan fingerprint density at radius 1 is 1.27 bits per heavy atom. The van der Waals surface area contributed by atoms with Crippen molar-refractivity contribution in [2.45, 2.75) is 18.9 Å². The van der Waals surface area contributed by atoms with Gasteiger partial charge < -0.3 is 10.3 Å². The monoisotopic (exact) mass is 411 g/mol. The fourth-order valence-corrected chi connectivity index (χ4v) is 3.85. The maximum absolute atomic E-state index is 5.68. The highest BCUT2D eigenvalue weighted by Crippen LogP contribution is 2.29. The van der Waals surface area contributed by atoms with Crippen LogP contribution in [-0.2, 0) is 0 Å². The summed E-state index contributed by atoms with van der Waals surface area (Å²) in [4.78, 5) is 18.6. The quantitative estimate of drug-likeness (QED) is 0.437. The topological polar surface area (TPSA) is 83.2 Å². The second-order valence-electron chi connectivity index (χ2n) is 5.81. The van der Waals surface area contributed by atoms with Gasteiger partial charge in [0.15, 0.2) is 17.3 Å². The van der Waals surface area contributed by atoms with Crippen LogP contribution in [0.4, 0.5) is 11.6 Å². The fourth-order valence-electron chi connectivity index (χ4n) is 3.41. The van der Waals surface area contributed by atoms with Gasteiger partial charge in [-0.15, -0.1) is 0 Å². The standard InChI is InChI=1S/C14H18IN7/c15-9-6-11-12(17-7-9)19-14(13(18-11)20-16)22-5-4-21-3-1-2-10(21)8-22/h6-7,10H,1-5,8,16H2,(H,18,20). The number of nitrogens with two attached hydrogens (primary N) is 1. The van der Waals surface area contributed by atoms with Crippen LogP contribution < -0.4 is 16.2 Å². The van der Waals surface area contributed by atoms with E-state index in [9.17, 15) is 0 Å². The van der Waals surface area contributed by atoms with Gasteiger partial charge in [-0.3, -0.25) is 4.90 Å². The zero-order chi connectivity index (χ0) is 15.1. The summed E-state index contributed by atoms with van der Waals surface area (Å²) >= 11 is 2.22. The Labute approximate surface area is 142 Å². The molecule has 4 rings (SSSR count). The Morgan fingerprint density at radius 3 is 3.05 bits per heavy atom. The molecule has 2 aromatic heterocycles. The maximum atomic E-state index is 5.68. The fraction of sp³-hybridized carbons (Fsp3) is 0.500. The number of pyridine rings is 1. The molecular formula is C14H18IN7. The lowest BCUT2D eigenvalue weighted by atomic mass is 10.1. The minimum absolute atomic E-state index is 0.626. The van der Waals surface area contributed by atoms with Gasteiger partial charge in [0, 0.05) is 35.4 Å². The van der Waals surface area contributed by atoms with Crippen LogP contribution >= 0.6 is 22.6 Å². The van der Waals surface area contributed by atoms with E-state index in [4.69, 9.17) is 10.8 Å². The molecule has 0 bridgehead atoms. The van der Waals surface area contributed by atoms with Crippen LogP contribution in [0, 0.1) is 3.57 Å². The molecule has 8 heteroatoms. The number of fused-ring (bicyclic) bond motifs is 2. The predicted octanol–water partition coefficient (Wildman–Crippen LogP) is 1.20. The first-order valence-corrected chi connectivity index (χ1v) is 8.61. The lowest BCUT2D eigenvalue weighted by Crippen LogP contribution is -2.50. The SMILES string of the molecule is NNc1nc2cc(I)cnc2nc1N1CCN2CCCC2C1. The van der Waals surface area contributed by atoms with Gasteiger partial charge in [-0.05, 0) is 48.0 Å². The van der Waals surface area contributed by atoms with Crippen molar-refractivity contribution >= 4 is 45.4 Å². The van der Waals surface area contributed by atoms with Gasteiger partial charge in [0.2, 0.25) is 0 Å². The number of aromatic nitrogens is 3. The van der Waals surface area contributed by atoms with Crippen LogP contribution in [0.5, 0.6) is 0 Å². The minimum atomic E-state index is 0.626. The van der Waals surface area contributed by atoms with Crippen molar-refractivity contribution in [1.29, 1.82) is 0 Å². The van der Waals surface area contributed by atoms with Crippen LogP contribution in [0.1, 0.15) is 12.8 Å². The second-order valence-corrected chi connectivity index (χ2v) is 7.06. The first-order chi connectivity index (χ1) is 10.7. The highest BCUT2D eigenvalue weighted by Gasteiger charge is 2.32. The number of hydrogen-bond acceptors (Lipinski definition) is 7. The minimum Gasteiger partial charge on any atom is -0.351 e. The summed E-state index contributed by atoms with van der Waals surface area (Å²) < 4.78 is 1.04. The van der Waals surface area contributed by atoms with E-state index in [0.717, 1.165) is 34.5 Å². The first-order valence-electron chi connectivity index (χ1n) is 7.53. The summed E-state index contributed by atoms with van der Waals surface area (Å²) in [5.74, 6) is 7.12. The van der Waals surface area contributed by atoms with E-state index in [0.29, 0.717) is 17.5 Å². The van der Waals surface area contributed by atoms with Crippen LogP contribution in [-0.4, -0.2) is 52.1 Å². The number of anilines is 2. The summed E-state index contributed by atoms with van der Waals surface area (Å²) in [5, 5.41) is 0. The maximum Gasteiger partial charge on any atom is 0.184 e. The van der Waals surface area contributed by atoms with E-state index in [-0.39, 0.29) is 0 Å². The molecule has 2 aliphatic heterocycles. The molecule has 0 aliphatic carbocycles. The van der Waals surface area contributed by atoms with Gasteiger partial charge in [0.05, 0.1) is 0 Å². The van der Waals surface area contributed by atoms with Crippen molar-refractivity contribution in [2.24, 2.45) is 5.84 Å². The molecule has 0 aromatic carbocycles. The average molecular weight is 411 g/mol. The van der Waals surface area contributed by atoms with Gasteiger partial charge >= 0.3 is 0 Å². The van der Waals surface area contributed by atoms with Crippen molar-refractivity contribution in [1.82, 2.24) is 19.9 Å². The third-order valence-electron chi connectivity index (χ3n) is 4.49. The molecule has 0 amide bonds. The van der Waals surface area contributed by atoms with Gasteiger partial charge in [-0.25, -0.2) is 20.8 Å². The molecule has 0 radical (unpaired) electrons. The van der Waals surface area contributed by atoms with Crippen molar-refractivity contribution in [3.8, 4) is 0 Å². The number of piperazine rings is 1. The van der Waals surface area contributed by atoms with E-state index in [1.54, 1.807) is 0 Å². The molecule has 3 N–H and O–H groups in total. The van der Waals surface area contributed by atoms with E-state index < -0.39 is 0 Å². The molecule has 7 nitrogen and oxygen atoms in total. The van der Waals surface area contributed by atoms with Gasteiger partial charge in [0.25, 0.3) is 0 Å². The van der Waals surface area contributed by atoms with E-state index in [1.807, 2.05) is 12.3 Å². The number of nitrogen functional groups attached to an aromatic ring is 1. The van der Waals surface area contributed by atoms with Crippen LogP contribution in [0.15, 0.2) is 12.3 Å². The lowest BCUT2D eigenvalue weighted by Gasteiger charge is -2.38. The summed E-state index contributed by atoms with van der Waals surface area (Å²) in [6.07, 6.45) is 4.37. The van der Waals surface area contributed by atoms with Crippen LogP contribution in [0.3, 0.4) is 0 Å². The normalized spacial score (nSPS) is 22.1. The van der Waals surface area contributed by atoms with E-state index >= 15 is 0 Å². The van der Waals surface area contributed by atoms with Gasteiger partial charge in [-0.1, -0.05) is 0 Å². The third kappa shape index (κ3) is 2.48. The Balaban J connectivity index is 1.72. The summed E-state index contributed by atoms with van der Waals surface area (Å²) in [6.45, 7) is 4.24. The molecule has 1 atom stereocenters. The highest BCUT2D eigenvalue weighted by atomic mass is 127. The number of hydrogen-bond donors (Lipinski definition) is 2. The zero-order valence-electron chi connectivity index (χ0n) is 12.2. The largest absolute Gasteiger partial charge is 0.351 e. The Kier molecular flexibility index (Phi) is 3.74. The predicted molar refractivity (Wildman–Crippen MR) is 94.7 cm³/mol. The molecular weight excluding hydrogens is 393 g/mol. The first kappa shape index (κ1) is 14.3. The van der Waals surface area contributed by atoms with Crippen molar-refractivity contribution in [3.63, 3.8) is 0 Å². The van der Waals surface area contributed by atoms with E-state index in [2.05, 4.69) is 47.8 Å². The number of rotatable bonds is 2. The summed E-state index contributed by atoms with van der Waals surface area (Å²) in [7, 11) is 0. The lowest BCUT2D eigenvalue weighted by molar-refractivity contribution is 0.230. The molecule has 4 heterocycles. The molecule has 1 unspecified atom stereocenters. The van der Waals surface area contributed by atoms with Crippen molar-refractivity contribution in [3.05, 3.63) is 15.8 Å². The molecule has 2 aliphatic rings. The number of halogens is 1. The number of nitrogens with zero attached hydrogens (tertiary/aromatic N) is 5. The molecule has 2 saturated heterocycles. The molecule has 116 valence electrons. The summed E-state index contributed by atoms with van der Waals surface area (Å²) in [6, 6.07) is 2.59. The van der Waals surface area contributed by atoms with Crippen LogP contribution in [0.2, 0.25) is 0 Å². The van der Waals surface area contributed by atoms with Gasteiger partial charge in [0.1, 0.15) is 5.52 Å². The highest BCUT2D eigenvalue weighted by molar-refractivity contribution is 14.1. The Hall–Kier alpha value is -1.26. The average Bonchev–Trinajstić information content (AvgIpc) is 3.01. The number of nitrogens with one attached hydrogen (secondary N) is 1. The molecule has 0 saturated carbocycles. The van der Waals surface area contributed by atoms with Crippen LogP contribution in [0.25, 0.3) is 11.2 Å². The van der Waals surface area contributed by atoms with Crippen molar-refractivity contribution in [2.75, 3.05) is 36.5 Å². The number of hydrazine groups is 1. The Morgan fingerprint density at radius 2 is 2.18 bits per heavy atom.